The molecule has 0 aromatic carbocycles. The van der Waals surface area contributed by atoms with E-state index in [1.807, 2.05) is 0 Å². The Labute approximate surface area is 95.4 Å². The molecule has 0 amide bonds. The largest absolute Gasteiger partial charge is 0.388 e. The van der Waals surface area contributed by atoms with Crippen molar-refractivity contribution in [3.63, 3.8) is 0 Å². The highest BCUT2D eigenvalue weighted by atomic mass is 16.6. The van der Waals surface area contributed by atoms with E-state index in [0.29, 0.717) is 6.29 Å². The first-order valence-electron chi connectivity index (χ1n) is 4.86. The fourth-order valence-corrected chi connectivity index (χ4v) is 1.50. The van der Waals surface area contributed by atoms with Crippen LogP contribution >= 0.6 is 0 Å². The first-order chi connectivity index (χ1) is 7.65. The highest BCUT2D eigenvalue weighted by Crippen LogP contribution is 2.13. The van der Waals surface area contributed by atoms with Crippen LogP contribution in [0.5, 0.6) is 0 Å². The fraction of sp³-hybridized carbons (Fsp3) is 0.900. The van der Waals surface area contributed by atoms with Gasteiger partial charge in [0.15, 0.2) is 6.29 Å². The zero-order chi connectivity index (χ0) is 12.6. The zero-order valence-electron chi connectivity index (χ0n) is 10.1. The molecule has 16 heavy (non-hydrogen) atoms. The zero-order valence-corrected chi connectivity index (χ0v) is 10.1. The van der Waals surface area contributed by atoms with Gasteiger partial charge in [-0.25, -0.2) is 0 Å². The van der Waals surface area contributed by atoms with Gasteiger partial charge in [0, 0.05) is 28.4 Å². The van der Waals surface area contributed by atoms with E-state index in [-0.39, 0.29) is 6.61 Å². The first-order valence-corrected chi connectivity index (χ1v) is 4.86. The first kappa shape index (κ1) is 15.5. The number of carbonyl (C=O) groups excluding carboxylic acids is 1. The van der Waals surface area contributed by atoms with Crippen molar-refractivity contribution in [1.29, 1.82) is 0 Å². The number of hydrogen-bond donors (Lipinski definition) is 1. The van der Waals surface area contributed by atoms with E-state index in [1.165, 1.54) is 28.4 Å². The minimum atomic E-state index is -0.891. The molecular formula is C10H20O6. The maximum atomic E-state index is 10.8. The monoisotopic (exact) mass is 236 g/mol. The molecule has 4 atom stereocenters. The average Bonchev–Trinajstić information content (AvgIpc) is 2.29. The van der Waals surface area contributed by atoms with Gasteiger partial charge in [0.25, 0.3) is 0 Å². The Morgan fingerprint density at radius 3 is 1.94 bits per heavy atom. The Kier molecular flexibility index (Phi) is 8.32. The molecule has 0 saturated heterocycles. The van der Waals surface area contributed by atoms with Gasteiger partial charge >= 0.3 is 0 Å². The topological polar surface area (TPSA) is 74.2 Å². The molecular weight excluding hydrogens is 216 g/mol. The fourth-order valence-electron chi connectivity index (χ4n) is 1.50. The summed E-state index contributed by atoms with van der Waals surface area (Å²) in [4.78, 5) is 10.8. The molecule has 0 aromatic rings. The number of ether oxygens (including phenoxy) is 4. The van der Waals surface area contributed by atoms with Gasteiger partial charge in [0.05, 0.1) is 6.61 Å². The summed E-state index contributed by atoms with van der Waals surface area (Å²) in [6.45, 7) is 0.0909. The maximum absolute atomic E-state index is 10.8. The second kappa shape index (κ2) is 8.60. The lowest BCUT2D eigenvalue weighted by molar-refractivity contribution is -0.156. The van der Waals surface area contributed by atoms with Gasteiger partial charge < -0.3 is 28.8 Å². The second-order valence-corrected chi connectivity index (χ2v) is 3.26. The van der Waals surface area contributed by atoms with Gasteiger partial charge in [-0.05, 0) is 0 Å². The molecule has 0 bridgehead atoms. The Morgan fingerprint density at radius 2 is 1.62 bits per heavy atom. The van der Waals surface area contributed by atoms with E-state index in [1.54, 1.807) is 0 Å². The van der Waals surface area contributed by atoms with Crippen molar-refractivity contribution >= 4 is 6.29 Å². The van der Waals surface area contributed by atoms with E-state index < -0.39 is 24.4 Å². The number of aliphatic hydroxyl groups is 1. The number of methoxy groups -OCH3 is 4. The van der Waals surface area contributed by atoms with Crippen molar-refractivity contribution in [1.82, 2.24) is 0 Å². The summed E-state index contributed by atoms with van der Waals surface area (Å²) in [5.74, 6) is 0. The van der Waals surface area contributed by atoms with Gasteiger partial charge in [0.1, 0.15) is 24.4 Å². The Bertz CT molecular complexity index is 186. The molecule has 0 fully saturated rings. The maximum Gasteiger partial charge on any atom is 0.151 e. The standard InChI is InChI=1S/C10H20O6/c1-13-6-7(12)9(15-3)10(16-4)8(5-11)14-2/h5,7-10,12H,6H2,1-4H3/t7-,8+,9+,10-/m1/s1. The van der Waals surface area contributed by atoms with Gasteiger partial charge in [-0.3, -0.25) is 0 Å². The normalized spacial score (nSPS) is 18.8. The molecule has 0 radical (unpaired) electrons. The van der Waals surface area contributed by atoms with Crippen LogP contribution in [0.3, 0.4) is 0 Å². The van der Waals surface area contributed by atoms with Crippen LogP contribution < -0.4 is 0 Å². The molecule has 0 unspecified atom stereocenters. The molecule has 0 saturated carbocycles. The Balaban J connectivity index is 4.65. The van der Waals surface area contributed by atoms with Crippen LogP contribution in [0.1, 0.15) is 0 Å². The molecule has 96 valence electrons. The second-order valence-electron chi connectivity index (χ2n) is 3.26. The van der Waals surface area contributed by atoms with E-state index in [9.17, 15) is 9.90 Å². The SMILES string of the molecule is COC[C@@H](O)[C@H](OC)[C@H](OC)[C@H](C=O)OC. The van der Waals surface area contributed by atoms with Gasteiger partial charge in [-0.2, -0.15) is 0 Å². The molecule has 0 heterocycles. The summed E-state index contributed by atoms with van der Waals surface area (Å²) in [7, 11) is 5.70. The van der Waals surface area contributed by atoms with E-state index in [4.69, 9.17) is 18.9 Å². The molecule has 0 rings (SSSR count). The lowest BCUT2D eigenvalue weighted by atomic mass is 10.0. The highest BCUT2D eigenvalue weighted by molar-refractivity contribution is 5.57. The summed E-state index contributed by atoms with van der Waals surface area (Å²) in [6.07, 6.45) is -2.45. The Morgan fingerprint density at radius 1 is 1.06 bits per heavy atom. The van der Waals surface area contributed by atoms with Crippen LogP contribution in [-0.2, 0) is 23.7 Å². The predicted molar refractivity (Wildman–Crippen MR) is 56.3 cm³/mol. The Hall–Kier alpha value is -0.530. The van der Waals surface area contributed by atoms with E-state index in [0.717, 1.165) is 0 Å². The van der Waals surface area contributed by atoms with Crippen LogP contribution in [0.4, 0.5) is 0 Å². The summed E-state index contributed by atoms with van der Waals surface area (Å²) in [5, 5.41) is 9.75. The van der Waals surface area contributed by atoms with Crippen molar-refractivity contribution in [2.24, 2.45) is 0 Å². The van der Waals surface area contributed by atoms with Crippen LogP contribution in [0.25, 0.3) is 0 Å². The predicted octanol–water partition coefficient (Wildman–Crippen LogP) is -0.762. The molecule has 1 N–H and O–H groups in total. The van der Waals surface area contributed by atoms with Gasteiger partial charge in [-0.15, -0.1) is 0 Å². The quantitative estimate of drug-likeness (QED) is 0.530. The number of hydrogen-bond acceptors (Lipinski definition) is 6. The molecule has 0 aliphatic carbocycles. The number of aliphatic hydroxyl groups excluding tert-OH is 1. The third-order valence-corrected chi connectivity index (χ3v) is 2.31. The van der Waals surface area contributed by atoms with Gasteiger partial charge in [-0.1, -0.05) is 0 Å². The van der Waals surface area contributed by atoms with Crippen LogP contribution in [0.15, 0.2) is 0 Å². The molecule has 0 aromatic heterocycles. The van der Waals surface area contributed by atoms with Crippen molar-refractivity contribution in [2.75, 3.05) is 35.0 Å². The lowest BCUT2D eigenvalue weighted by Gasteiger charge is -2.31. The summed E-state index contributed by atoms with van der Waals surface area (Å²) >= 11 is 0. The summed E-state index contributed by atoms with van der Waals surface area (Å²) in [5.41, 5.74) is 0. The third-order valence-electron chi connectivity index (χ3n) is 2.31. The van der Waals surface area contributed by atoms with Gasteiger partial charge in [0.2, 0.25) is 0 Å². The molecule has 0 aliphatic heterocycles. The lowest BCUT2D eigenvalue weighted by Crippen LogP contribution is -2.49. The van der Waals surface area contributed by atoms with E-state index >= 15 is 0 Å². The van der Waals surface area contributed by atoms with Crippen molar-refractivity contribution in [3.05, 3.63) is 0 Å². The molecule has 0 spiro atoms. The molecule has 6 nitrogen and oxygen atoms in total. The summed E-state index contributed by atoms with van der Waals surface area (Å²) < 4.78 is 20.0. The third kappa shape index (κ3) is 4.15. The highest BCUT2D eigenvalue weighted by Gasteiger charge is 2.34. The number of aldehydes is 1. The average molecular weight is 236 g/mol. The van der Waals surface area contributed by atoms with Crippen molar-refractivity contribution < 1.29 is 28.8 Å². The van der Waals surface area contributed by atoms with E-state index in [2.05, 4.69) is 0 Å². The number of carbonyl (C=O) groups is 1. The van der Waals surface area contributed by atoms with Crippen LogP contribution in [0, 0.1) is 0 Å². The smallest absolute Gasteiger partial charge is 0.151 e. The molecule has 0 aliphatic rings. The minimum absolute atomic E-state index is 0.0909. The van der Waals surface area contributed by atoms with Crippen molar-refractivity contribution in [2.45, 2.75) is 24.4 Å². The van der Waals surface area contributed by atoms with Crippen molar-refractivity contribution in [3.8, 4) is 0 Å². The molecule has 6 heteroatoms. The number of rotatable bonds is 9. The summed E-state index contributed by atoms with van der Waals surface area (Å²) in [6, 6.07) is 0. The van der Waals surface area contributed by atoms with Crippen LogP contribution in [0.2, 0.25) is 0 Å². The minimum Gasteiger partial charge on any atom is -0.388 e. The van der Waals surface area contributed by atoms with Crippen LogP contribution in [-0.4, -0.2) is 70.9 Å².